The second kappa shape index (κ2) is 7.78. The van der Waals surface area contributed by atoms with Gasteiger partial charge in [0.25, 0.3) is 5.91 Å². The van der Waals surface area contributed by atoms with Gasteiger partial charge in [0.15, 0.2) is 0 Å². The number of nitrogens with one attached hydrogen (secondary N) is 3. The van der Waals surface area contributed by atoms with Crippen molar-refractivity contribution in [3.8, 4) is 0 Å². The Hall–Kier alpha value is -2.25. The van der Waals surface area contributed by atoms with E-state index in [-0.39, 0.29) is 24.1 Å². The van der Waals surface area contributed by atoms with Crippen LogP contribution in [-0.4, -0.2) is 47.8 Å². The Labute approximate surface area is 158 Å². The van der Waals surface area contributed by atoms with Crippen molar-refractivity contribution in [2.75, 3.05) is 13.1 Å². The van der Waals surface area contributed by atoms with Crippen LogP contribution in [0.4, 0.5) is 0 Å². The summed E-state index contributed by atoms with van der Waals surface area (Å²) in [7, 11) is 0. The summed E-state index contributed by atoms with van der Waals surface area (Å²) in [6.07, 6.45) is 4.33. The van der Waals surface area contributed by atoms with Gasteiger partial charge in [0.05, 0.1) is 0 Å². The molecule has 1 atom stereocenters. The molecule has 3 amide bonds. The van der Waals surface area contributed by atoms with Crippen LogP contribution in [0.3, 0.4) is 0 Å². The molecule has 0 bridgehead atoms. The highest BCUT2D eigenvalue weighted by atomic mass is 16.2. The van der Waals surface area contributed by atoms with Crippen LogP contribution in [0.1, 0.15) is 53.6 Å². The summed E-state index contributed by atoms with van der Waals surface area (Å²) < 4.78 is 0. The number of benzene rings is 1. The molecule has 0 spiro atoms. The Morgan fingerprint density at radius 1 is 1.11 bits per heavy atom. The van der Waals surface area contributed by atoms with Gasteiger partial charge in [0.2, 0.25) is 11.8 Å². The SMILES string of the molecule is O=C1CCC(N2Cc3cccc(CNCCCNC4CC4)c3C2=O)C(=O)N1. The fourth-order valence-corrected chi connectivity index (χ4v) is 3.87. The van der Waals surface area contributed by atoms with Crippen LogP contribution in [0.25, 0.3) is 0 Å². The molecular weight excluding hydrogens is 344 g/mol. The Bertz CT molecular complexity index is 760. The molecule has 1 aliphatic carbocycles. The van der Waals surface area contributed by atoms with Crippen LogP contribution >= 0.6 is 0 Å². The lowest BCUT2D eigenvalue weighted by Crippen LogP contribution is -2.52. The normalized spacial score (nSPS) is 22.1. The van der Waals surface area contributed by atoms with Crippen molar-refractivity contribution in [1.29, 1.82) is 0 Å². The van der Waals surface area contributed by atoms with Crippen molar-refractivity contribution >= 4 is 17.7 Å². The molecule has 144 valence electrons. The third-order valence-electron chi connectivity index (χ3n) is 5.49. The van der Waals surface area contributed by atoms with Gasteiger partial charge in [-0.25, -0.2) is 0 Å². The van der Waals surface area contributed by atoms with E-state index in [9.17, 15) is 14.4 Å². The molecule has 4 rings (SSSR count). The van der Waals surface area contributed by atoms with E-state index in [1.807, 2.05) is 18.2 Å². The van der Waals surface area contributed by atoms with E-state index in [1.54, 1.807) is 4.90 Å². The molecule has 1 saturated heterocycles. The molecule has 3 N–H and O–H groups in total. The highest BCUT2D eigenvalue weighted by molar-refractivity contribution is 6.05. The number of carbonyl (C=O) groups excluding carboxylic acids is 3. The van der Waals surface area contributed by atoms with Gasteiger partial charge in [-0.2, -0.15) is 0 Å². The zero-order valence-electron chi connectivity index (χ0n) is 15.4. The minimum atomic E-state index is -0.558. The maximum Gasteiger partial charge on any atom is 0.255 e. The summed E-state index contributed by atoms with van der Waals surface area (Å²) in [5, 5.41) is 9.26. The van der Waals surface area contributed by atoms with Crippen molar-refractivity contribution in [2.45, 2.75) is 57.3 Å². The number of imide groups is 1. The maximum atomic E-state index is 13.0. The fourth-order valence-electron chi connectivity index (χ4n) is 3.87. The molecule has 1 aromatic carbocycles. The van der Waals surface area contributed by atoms with E-state index >= 15 is 0 Å². The molecule has 0 aromatic heterocycles. The number of amides is 3. The van der Waals surface area contributed by atoms with Gasteiger partial charge in [-0.3, -0.25) is 19.7 Å². The van der Waals surface area contributed by atoms with Crippen LogP contribution in [0.15, 0.2) is 18.2 Å². The van der Waals surface area contributed by atoms with Crippen LogP contribution in [0, 0.1) is 0 Å². The molecule has 2 aliphatic heterocycles. The summed E-state index contributed by atoms with van der Waals surface area (Å²) in [4.78, 5) is 38.1. The lowest BCUT2D eigenvalue weighted by molar-refractivity contribution is -0.136. The van der Waals surface area contributed by atoms with Crippen molar-refractivity contribution in [3.05, 3.63) is 34.9 Å². The van der Waals surface area contributed by atoms with Crippen LogP contribution < -0.4 is 16.0 Å². The molecular formula is C20H26N4O3. The van der Waals surface area contributed by atoms with Crippen molar-refractivity contribution < 1.29 is 14.4 Å². The zero-order valence-corrected chi connectivity index (χ0v) is 15.4. The van der Waals surface area contributed by atoms with Crippen LogP contribution in [0.5, 0.6) is 0 Å². The second-order valence-corrected chi connectivity index (χ2v) is 7.61. The maximum absolute atomic E-state index is 13.0. The highest BCUT2D eigenvalue weighted by Gasteiger charge is 2.39. The van der Waals surface area contributed by atoms with Gasteiger partial charge in [-0.05, 0) is 49.9 Å². The van der Waals surface area contributed by atoms with Gasteiger partial charge in [-0.15, -0.1) is 0 Å². The molecule has 7 nitrogen and oxygen atoms in total. The van der Waals surface area contributed by atoms with E-state index < -0.39 is 6.04 Å². The summed E-state index contributed by atoms with van der Waals surface area (Å²) in [5.74, 6) is -0.732. The molecule has 3 aliphatic rings. The zero-order chi connectivity index (χ0) is 18.8. The Morgan fingerprint density at radius 2 is 1.96 bits per heavy atom. The monoisotopic (exact) mass is 370 g/mol. The minimum Gasteiger partial charge on any atom is -0.322 e. The standard InChI is InChI=1S/C20H26N4O3/c25-17-8-7-16(19(26)23-17)24-12-14-4-1-3-13(18(14)20(24)27)11-21-9-2-10-22-15-5-6-15/h1,3-4,15-16,21-22H,2,5-12H2,(H,23,25,26). The average molecular weight is 370 g/mol. The number of piperidine rings is 1. The second-order valence-electron chi connectivity index (χ2n) is 7.61. The molecule has 2 heterocycles. The third kappa shape index (κ3) is 4.04. The third-order valence-corrected chi connectivity index (χ3v) is 5.49. The summed E-state index contributed by atoms with van der Waals surface area (Å²) >= 11 is 0. The van der Waals surface area contributed by atoms with Crippen LogP contribution in [-0.2, 0) is 22.7 Å². The predicted molar refractivity (Wildman–Crippen MR) is 99.8 cm³/mol. The van der Waals surface area contributed by atoms with Gasteiger partial charge in [0.1, 0.15) is 6.04 Å². The molecule has 27 heavy (non-hydrogen) atoms. The van der Waals surface area contributed by atoms with Crippen LogP contribution in [0.2, 0.25) is 0 Å². The largest absolute Gasteiger partial charge is 0.322 e. The van der Waals surface area contributed by atoms with Crippen molar-refractivity contribution in [2.24, 2.45) is 0 Å². The molecule has 2 fully saturated rings. The lowest BCUT2D eigenvalue weighted by atomic mass is 10.0. The van der Waals surface area contributed by atoms with Crippen molar-refractivity contribution in [1.82, 2.24) is 20.9 Å². The molecule has 7 heteroatoms. The van der Waals surface area contributed by atoms with E-state index in [0.717, 1.165) is 36.7 Å². The van der Waals surface area contributed by atoms with E-state index in [2.05, 4.69) is 16.0 Å². The molecule has 1 saturated carbocycles. The van der Waals surface area contributed by atoms with E-state index in [0.29, 0.717) is 25.1 Å². The molecule has 1 unspecified atom stereocenters. The predicted octanol–water partition coefficient (Wildman–Crippen LogP) is 0.679. The smallest absolute Gasteiger partial charge is 0.255 e. The number of rotatable bonds is 8. The van der Waals surface area contributed by atoms with Gasteiger partial charge in [-0.1, -0.05) is 18.2 Å². The number of carbonyl (C=O) groups is 3. The first-order valence-corrected chi connectivity index (χ1v) is 9.83. The number of nitrogens with zero attached hydrogens (tertiary/aromatic N) is 1. The van der Waals surface area contributed by atoms with Gasteiger partial charge < -0.3 is 15.5 Å². The summed E-state index contributed by atoms with van der Waals surface area (Å²) in [6.45, 7) is 2.99. The quantitative estimate of drug-likeness (QED) is 0.462. The fraction of sp³-hybridized carbons (Fsp3) is 0.550. The van der Waals surface area contributed by atoms with Gasteiger partial charge >= 0.3 is 0 Å². The summed E-state index contributed by atoms with van der Waals surface area (Å²) in [5.41, 5.74) is 2.65. The first-order chi connectivity index (χ1) is 13.1. The Morgan fingerprint density at radius 3 is 2.74 bits per heavy atom. The topological polar surface area (TPSA) is 90.5 Å². The number of hydrogen-bond donors (Lipinski definition) is 3. The number of hydrogen-bond acceptors (Lipinski definition) is 5. The Balaban J connectivity index is 1.36. The highest BCUT2D eigenvalue weighted by Crippen LogP contribution is 2.29. The minimum absolute atomic E-state index is 0.104. The lowest BCUT2D eigenvalue weighted by Gasteiger charge is -2.29. The Kier molecular flexibility index (Phi) is 5.22. The molecule has 1 aromatic rings. The van der Waals surface area contributed by atoms with Gasteiger partial charge in [0, 0.05) is 31.1 Å². The van der Waals surface area contributed by atoms with Crippen molar-refractivity contribution in [3.63, 3.8) is 0 Å². The number of fused-ring (bicyclic) bond motifs is 1. The van der Waals surface area contributed by atoms with E-state index in [1.165, 1.54) is 12.8 Å². The first-order valence-electron chi connectivity index (χ1n) is 9.83. The first kappa shape index (κ1) is 18.1. The summed E-state index contributed by atoms with van der Waals surface area (Å²) in [6, 6.07) is 6.06. The molecule has 0 radical (unpaired) electrons. The average Bonchev–Trinajstić information content (AvgIpc) is 3.41. The van der Waals surface area contributed by atoms with E-state index in [4.69, 9.17) is 0 Å².